The van der Waals surface area contributed by atoms with Gasteiger partial charge in [-0.3, -0.25) is 0 Å². The van der Waals surface area contributed by atoms with Gasteiger partial charge in [-0.15, -0.1) is 0 Å². The minimum absolute atomic E-state index is 0.0891. The second-order valence-electron chi connectivity index (χ2n) is 5.10. The standard InChI is InChI=1S/C17H23NO3/c1-4-15(18)17(16-10-5-12(2)21-16)20-11-13-6-8-14(19-3)9-7-13/h5-10,15,17H,4,11,18H2,1-3H3. The molecular weight excluding hydrogens is 266 g/mol. The Hall–Kier alpha value is -1.78. The van der Waals surface area contributed by atoms with Crippen molar-refractivity contribution in [3.63, 3.8) is 0 Å². The average molecular weight is 289 g/mol. The van der Waals surface area contributed by atoms with Gasteiger partial charge in [-0.2, -0.15) is 0 Å². The number of furan rings is 1. The average Bonchev–Trinajstić information content (AvgIpc) is 2.94. The zero-order valence-corrected chi connectivity index (χ0v) is 12.8. The van der Waals surface area contributed by atoms with Gasteiger partial charge in [0.15, 0.2) is 0 Å². The minimum Gasteiger partial charge on any atom is -0.497 e. The third-order valence-corrected chi connectivity index (χ3v) is 3.49. The molecule has 0 saturated heterocycles. The van der Waals surface area contributed by atoms with Crippen LogP contribution < -0.4 is 10.5 Å². The van der Waals surface area contributed by atoms with Crippen LogP contribution in [0.1, 0.15) is 36.5 Å². The summed E-state index contributed by atoms with van der Waals surface area (Å²) in [5, 5.41) is 0. The zero-order valence-electron chi connectivity index (χ0n) is 12.8. The van der Waals surface area contributed by atoms with E-state index in [2.05, 4.69) is 0 Å². The van der Waals surface area contributed by atoms with Crippen LogP contribution in [0, 0.1) is 6.92 Å². The van der Waals surface area contributed by atoms with Crippen molar-refractivity contribution >= 4 is 0 Å². The summed E-state index contributed by atoms with van der Waals surface area (Å²) in [5.41, 5.74) is 7.24. The normalized spacial score (nSPS) is 13.9. The Labute approximate surface area is 125 Å². The Kier molecular flexibility index (Phi) is 5.42. The van der Waals surface area contributed by atoms with Gasteiger partial charge >= 0.3 is 0 Å². The topological polar surface area (TPSA) is 57.6 Å². The first kappa shape index (κ1) is 15.6. The fraction of sp³-hybridized carbons (Fsp3) is 0.412. The molecule has 1 aromatic heterocycles. The molecule has 0 fully saturated rings. The Morgan fingerprint density at radius 1 is 1.14 bits per heavy atom. The van der Waals surface area contributed by atoms with E-state index >= 15 is 0 Å². The number of hydrogen-bond acceptors (Lipinski definition) is 4. The van der Waals surface area contributed by atoms with Crippen LogP contribution >= 0.6 is 0 Å². The second-order valence-corrected chi connectivity index (χ2v) is 5.10. The lowest BCUT2D eigenvalue weighted by atomic mass is 10.1. The molecule has 0 saturated carbocycles. The summed E-state index contributed by atoms with van der Waals surface area (Å²) in [4.78, 5) is 0. The third kappa shape index (κ3) is 4.09. The molecule has 1 heterocycles. The highest BCUT2D eigenvalue weighted by Gasteiger charge is 2.22. The number of hydrogen-bond donors (Lipinski definition) is 1. The first-order valence-electron chi connectivity index (χ1n) is 7.20. The molecule has 0 aliphatic carbocycles. The summed E-state index contributed by atoms with van der Waals surface area (Å²) >= 11 is 0. The molecule has 0 amide bonds. The van der Waals surface area contributed by atoms with Crippen molar-refractivity contribution < 1.29 is 13.9 Å². The maximum atomic E-state index is 6.16. The number of ether oxygens (including phenoxy) is 2. The van der Waals surface area contributed by atoms with Crippen LogP contribution in [-0.2, 0) is 11.3 Å². The summed E-state index contributed by atoms with van der Waals surface area (Å²) in [6, 6.07) is 11.6. The minimum atomic E-state index is -0.231. The fourth-order valence-electron chi connectivity index (χ4n) is 2.14. The van der Waals surface area contributed by atoms with Crippen LogP contribution in [-0.4, -0.2) is 13.2 Å². The van der Waals surface area contributed by atoms with Crippen molar-refractivity contribution in [1.82, 2.24) is 0 Å². The maximum absolute atomic E-state index is 6.16. The van der Waals surface area contributed by atoms with Crippen molar-refractivity contribution in [3.8, 4) is 5.75 Å². The van der Waals surface area contributed by atoms with E-state index in [1.165, 1.54) is 0 Å². The monoisotopic (exact) mass is 289 g/mol. The van der Waals surface area contributed by atoms with Crippen LogP contribution in [0.2, 0.25) is 0 Å². The van der Waals surface area contributed by atoms with Crippen LogP contribution in [0.3, 0.4) is 0 Å². The number of aryl methyl sites for hydroxylation is 1. The lowest BCUT2D eigenvalue weighted by Gasteiger charge is -2.21. The van der Waals surface area contributed by atoms with Crippen molar-refractivity contribution in [3.05, 3.63) is 53.5 Å². The van der Waals surface area contributed by atoms with Gasteiger partial charge in [0.05, 0.1) is 13.7 Å². The van der Waals surface area contributed by atoms with Gasteiger partial charge in [0.2, 0.25) is 0 Å². The van der Waals surface area contributed by atoms with Crippen LogP contribution in [0.25, 0.3) is 0 Å². The summed E-state index contributed by atoms with van der Waals surface area (Å²) < 4.78 is 16.8. The van der Waals surface area contributed by atoms with E-state index in [0.717, 1.165) is 29.3 Å². The van der Waals surface area contributed by atoms with E-state index in [1.807, 2.05) is 50.2 Å². The number of benzene rings is 1. The first-order chi connectivity index (χ1) is 10.1. The van der Waals surface area contributed by atoms with Crippen molar-refractivity contribution in [2.45, 2.75) is 39.0 Å². The molecule has 2 aromatic rings. The lowest BCUT2D eigenvalue weighted by Crippen LogP contribution is -2.29. The molecule has 0 bridgehead atoms. The molecular formula is C17H23NO3. The lowest BCUT2D eigenvalue weighted by molar-refractivity contribution is 0.00702. The molecule has 0 spiro atoms. The van der Waals surface area contributed by atoms with Gasteiger partial charge in [0.25, 0.3) is 0 Å². The quantitative estimate of drug-likeness (QED) is 0.846. The Bertz CT molecular complexity index is 547. The van der Waals surface area contributed by atoms with E-state index in [-0.39, 0.29) is 12.1 Å². The molecule has 2 N–H and O–H groups in total. The van der Waals surface area contributed by atoms with Gasteiger partial charge in [0.1, 0.15) is 23.4 Å². The Balaban J connectivity index is 2.04. The predicted molar refractivity (Wildman–Crippen MR) is 82.2 cm³/mol. The second kappa shape index (κ2) is 7.29. The molecule has 4 nitrogen and oxygen atoms in total. The van der Waals surface area contributed by atoms with Crippen molar-refractivity contribution in [2.24, 2.45) is 5.73 Å². The Morgan fingerprint density at radius 2 is 1.86 bits per heavy atom. The SMILES string of the molecule is CCC(N)C(OCc1ccc(OC)cc1)c1ccc(C)o1. The van der Waals surface area contributed by atoms with Crippen molar-refractivity contribution in [2.75, 3.05) is 7.11 Å². The molecule has 0 aliphatic heterocycles. The molecule has 114 valence electrons. The van der Waals surface area contributed by atoms with Crippen LogP contribution in [0.4, 0.5) is 0 Å². The van der Waals surface area contributed by atoms with Gasteiger partial charge < -0.3 is 19.6 Å². The molecule has 0 aliphatic rings. The van der Waals surface area contributed by atoms with E-state index in [9.17, 15) is 0 Å². The fourth-order valence-corrected chi connectivity index (χ4v) is 2.14. The smallest absolute Gasteiger partial charge is 0.134 e. The molecule has 1 aromatic carbocycles. The molecule has 0 radical (unpaired) electrons. The highest BCUT2D eigenvalue weighted by atomic mass is 16.5. The number of rotatable bonds is 7. The largest absolute Gasteiger partial charge is 0.497 e. The van der Waals surface area contributed by atoms with Crippen LogP contribution in [0.5, 0.6) is 5.75 Å². The van der Waals surface area contributed by atoms with Crippen molar-refractivity contribution in [1.29, 1.82) is 0 Å². The van der Waals surface area contributed by atoms with E-state index < -0.39 is 0 Å². The van der Waals surface area contributed by atoms with Gasteiger partial charge in [-0.1, -0.05) is 19.1 Å². The summed E-state index contributed by atoms with van der Waals surface area (Å²) in [5.74, 6) is 2.49. The molecule has 2 atom stereocenters. The van der Waals surface area contributed by atoms with Gasteiger partial charge in [-0.25, -0.2) is 0 Å². The number of nitrogens with two attached hydrogens (primary N) is 1. The van der Waals surface area contributed by atoms with Gasteiger partial charge in [-0.05, 0) is 43.2 Å². The first-order valence-corrected chi connectivity index (χ1v) is 7.20. The summed E-state index contributed by atoms with van der Waals surface area (Å²) in [7, 11) is 1.65. The third-order valence-electron chi connectivity index (χ3n) is 3.49. The summed E-state index contributed by atoms with van der Waals surface area (Å²) in [6.07, 6.45) is 0.596. The zero-order chi connectivity index (χ0) is 15.2. The Morgan fingerprint density at radius 3 is 2.38 bits per heavy atom. The van der Waals surface area contributed by atoms with E-state index in [4.69, 9.17) is 19.6 Å². The predicted octanol–water partition coefficient (Wildman–Crippen LogP) is 3.59. The maximum Gasteiger partial charge on any atom is 0.134 e. The molecule has 2 rings (SSSR count). The summed E-state index contributed by atoms with van der Waals surface area (Å²) in [6.45, 7) is 4.45. The molecule has 21 heavy (non-hydrogen) atoms. The molecule has 2 unspecified atom stereocenters. The highest BCUT2D eigenvalue weighted by molar-refractivity contribution is 5.26. The highest BCUT2D eigenvalue weighted by Crippen LogP contribution is 2.25. The number of methoxy groups -OCH3 is 1. The van der Waals surface area contributed by atoms with Gasteiger partial charge in [0, 0.05) is 6.04 Å². The van der Waals surface area contributed by atoms with E-state index in [0.29, 0.717) is 6.61 Å². The molecule has 4 heteroatoms. The van der Waals surface area contributed by atoms with Crippen LogP contribution in [0.15, 0.2) is 40.8 Å². The van der Waals surface area contributed by atoms with E-state index in [1.54, 1.807) is 7.11 Å².